The lowest BCUT2D eigenvalue weighted by atomic mass is 9.64. The lowest BCUT2D eigenvalue weighted by molar-refractivity contribution is -0.131. The van der Waals surface area contributed by atoms with E-state index in [-0.39, 0.29) is 11.4 Å². The Morgan fingerprint density at radius 2 is 2.04 bits per heavy atom. The van der Waals surface area contributed by atoms with Crippen LogP contribution in [0.4, 0.5) is 0 Å². The van der Waals surface area contributed by atoms with Crippen LogP contribution < -0.4 is 9.47 Å². The summed E-state index contributed by atoms with van der Waals surface area (Å²) >= 11 is 3.46. The molecule has 1 aromatic rings. The van der Waals surface area contributed by atoms with Crippen LogP contribution in [0.25, 0.3) is 0 Å². The lowest BCUT2D eigenvalue weighted by Crippen LogP contribution is -2.33. The second kappa shape index (κ2) is 7.08. The summed E-state index contributed by atoms with van der Waals surface area (Å²) in [6, 6.07) is 3.80. The second-order valence-electron chi connectivity index (χ2n) is 6.86. The molecule has 0 radical (unpaired) electrons. The van der Waals surface area contributed by atoms with E-state index in [4.69, 9.17) is 9.47 Å². The molecule has 0 N–H and O–H groups in total. The predicted molar refractivity (Wildman–Crippen MR) is 95.9 cm³/mol. The Labute approximate surface area is 147 Å². The van der Waals surface area contributed by atoms with Crippen LogP contribution in [0.3, 0.4) is 0 Å². The maximum Gasteiger partial charge on any atom is 0.308 e. The Morgan fingerprint density at radius 3 is 2.65 bits per heavy atom. The van der Waals surface area contributed by atoms with Gasteiger partial charge in [0.15, 0.2) is 0 Å². The van der Waals surface area contributed by atoms with Crippen molar-refractivity contribution in [3.8, 4) is 11.5 Å². The molecule has 126 valence electrons. The second-order valence-corrected chi connectivity index (χ2v) is 7.72. The van der Waals surface area contributed by atoms with Gasteiger partial charge in [-0.05, 0) is 63.7 Å². The Kier molecular flexibility index (Phi) is 5.56. The molecule has 0 amide bonds. The molecular formula is C19H25BrO3. The van der Waals surface area contributed by atoms with Crippen molar-refractivity contribution in [2.24, 2.45) is 17.3 Å². The largest absolute Gasteiger partial charge is 0.496 e. The SMILES string of the molecule is COc1cc(CC2CC=CC(C)C2(C)C)c(OC(C)=O)cc1Br. The summed E-state index contributed by atoms with van der Waals surface area (Å²) in [6.07, 6.45) is 6.46. The third-order valence-corrected chi connectivity index (χ3v) is 5.75. The molecule has 2 rings (SSSR count). The van der Waals surface area contributed by atoms with Crippen LogP contribution in [0.2, 0.25) is 0 Å². The van der Waals surface area contributed by atoms with Gasteiger partial charge < -0.3 is 9.47 Å². The standard InChI is InChI=1S/C19H25BrO3/c1-12-7-6-8-15(19(12,3)4)9-14-10-18(22-5)16(20)11-17(14)23-13(2)21/h6-7,10-12,15H,8-9H2,1-5H3. The monoisotopic (exact) mass is 380 g/mol. The van der Waals surface area contributed by atoms with E-state index in [1.807, 2.05) is 12.1 Å². The number of hydrogen-bond donors (Lipinski definition) is 0. The molecule has 3 nitrogen and oxygen atoms in total. The van der Waals surface area contributed by atoms with Crippen molar-refractivity contribution < 1.29 is 14.3 Å². The number of ether oxygens (including phenoxy) is 2. The van der Waals surface area contributed by atoms with E-state index in [2.05, 4.69) is 48.9 Å². The Bertz CT molecular complexity index is 619. The quantitative estimate of drug-likeness (QED) is 0.410. The van der Waals surface area contributed by atoms with Crippen LogP contribution in [0, 0.1) is 17.3 Å². The zero-order chi connectivity index (χ0) is 17.2. The first-order valence-corrected chi connectivity index (χ1v) is 8.76. The van der Waals surface area contributed by atoms with Crippen molar-refractivity contribution in [1.29, 1.82) is 0 Å². The molecule has 0 spiro atoms. The topological polar surface area (TPSA) is 35.5 Å². The normalized spacial score (nSPS) is 22.7. The number of halogens is 1. The smallest absolute Gasteiger partial charge is 0.308 e. The van der Waals surface area contributed by atoms with Crippen molar-refractivity contribution in [1.82, 2.24) is 0 Å². The highest BCUT2D eigenvalue weighted by Crippen LogP contribution is 2.45. The van der Waals surface area contributed by atoms with Crippen molar-refractivity contribution in [3.05, 3.63) is 34.3 Å². The van der Waals surface area contributed by atoms with E-state index >= 15 is 0 Å². The van der Waals surface area contributed by atoms with Crippen LogP contribution in [0.1, 0.15) is 39.7 Å². The molecule has 1 aliphatic rings. The molecular weight excluding hydrogens is 356 g/mol. The number of benzene rings is 1. The molecule has 0 fully saturated rings. The average Bonchev–Trinajstić information content (AvgIpc) is 2.46. The van der Waals surface area contributed by atoms with Crippen LogP contribution in [-0.2, 0) is 11.2 Å². The van der Waals surface area contributed by atoms with Crippen LogP contribution in [-0.4, -0.2) is 13.1 Å². The van der Waals surface area contributed by atoms with E-state index in [1.54, 1.807) is 7.11 Å². The van der Waals surface area contributed by atoms with Crippen molar-refractivity contribution in [2.75, 3.05) is 7.11 Å². The fourth-order valence-corrected chi connectivity index (χ4v) is 3.61. The minimum absolute atomic E-state index is 0.197. The van der Waals surface area contributed by atoms with Gasteiger partial charge in [0, 0.05) is 6.92 Å². The number of methoxy groups -OCH3 is 1. The molecule has 0 aromatic heterocycles. The van der Waals surface area contributed by atoms with Gasteiger partial charge >= 0.3 is 5.97 Å². The minimum atomic E-state index is -0.306. The Morgan fingerprint density at radius 1 is 1.35 bits per heavy atom. The first-order valence-electron chi connectivity index (χ1n) is 7.97. The predicted octanol–water partition coefficient (Wildman–Crippen LogP) is 5.16. The van der Waals surface area contributed by atoms with Gasteiger partial charge in [0.05, 0.1) is 11.6 Å². The summed E-state index contributed by atoms with van der Waals surface area (Å²) in [6.45, 7) is 8.32. The average molecular weight is 381 g/mol. The van der Waals surface area contributed by atoms with E-state index in [1.165, 1.54) is 6.92 Å². The fraction of sp³-hybridized carbons (Fsp3) is 0.526. The van der Waals surface area contributed by atoms with E-state index in [9.17, 15) is 4.79 Å². The van der Waals surface area contributed by atoms with Gasteiger partial charge in [-0.2, -0.15) is 0 Å². The fourth-order valence-electron chi connectivity index (χ4n) is 3.13. The zero-order valence-corrected chi connectivity index (χ0v) is 16.1. The summed E-state index contributed by atoms with van der Waals surface area (Å²) in [7, 11) is 1.64. The highest BCUT2D eigenvalue weighted by Gasteiger charge is 2.35. The molecule has 0 bridgehead atoms. The van der Waals surface area contributed by atoms with Gasteiger partial charge in [-0.1, -0.05) is 32.9 Å². The maximum absolute atomic E-state index is 11.4. The van der Waals surface area contributed by atoms with Gasteiger partial charge in [0.25, 0.3) is 0 Å². The maximum atomic E-state index is 11.4. The van der Waals surface area contributed by atoms with Crippen molar-refractivity contribution in [3.63, 3.8) is 0 Å². The number of carbonyl (C=O) groups is 1. The lowest BCUT2D eigenvalue weighted by Gasteiger charge is -2.41. The number of hydrogen-bond acceptors (Lipinski definition) is 3. The van der Waals surface area contributed by atoms with Gasteiger partial charge in [-0.15, -0.1) is 0 Å². The van der Waals surface area contributed by atoms with Gasteiger partial charge in [-0.25, -0.2) is 0 Å². The molecule has 1 aromatic carbocycles. The van der Waals surface area contributed by atoms with Gasteiger partial charge in [0.1, 0.15) is 11.5 Å². The highest BCUT2D eigenvalue weighted by atomic mass is 79.9. The molecule has 0 saturated heterocycles. The first-order chi connectivity index (χ1) is 10.8. The first kappa shape index (κ1) is 18.1. The molecule has 2 unspecified atom stereocenters. The molecule has 1 aliphatic carbocycles. The van der Waals surface area contributed by atoms with Crippen LogP contribution in [0.15, 0.2) is 28.8 Å². The molecule has 23 heavy (non-hydrogen) atoms. The molecule has 4 heteroatoms. The summed E-state index contributed by atoms with van der Waals surface area (Å²) < 4.78 is 11.6. The summed E-state index contributed by atoms with van der Waals surface area (Å²) in [5, 5.41) is 0. The third-order valence-electron chi connectivity index (χ3n) is 5.13. The van der Waals surface area contributed by atoms with Crippen molar-refractivity contribution in [2.45, 2.75) is 40.5 Å². The Balaban J connectivity index is 2.37. The number of carbonyl (C=O) groups excluding carboxylic acids is 1. The highest BCUT2D eigenvalue weighted by molar-refractivity contribution is 9.10. The molecule has 2 atom stereocenters. The summed E-state index contributed by atoms with van der Waals surface area (Å²) in [5.74, 6) is 2.08. The summed E-state index contributed by atoms with van der Waals surface area (Å²) in [5.41, 5.74) is 1.21. The molecule has 0 heterocycles. The summed E-state index contributed by atoms with van der Waals surface area (Å²) in [4.78, 5) is 11.4. The minimum Gasteiger partial charge on any atom is -0.496 e. The number of esters is 1. The van der Waals surface area contributed by atoms with E-state index in [0.29, 0.717) is 17.6 Å². The van der Waals surface area contributed by atoms with E-state index in [0.717, 1.165) is 28.6 Å². The number of rotatable bonds is 4. The third kappa shape index (κ3) is 3.97. The van der Waals surface area contributed by atoms with Crippen LogP contribution in [0.5, 0.6) is 11.5 Å². The number of allylic oxidation sites excluding steroid dienone is 2. The van der Waals surface area contributed by atoms with Gasteiger partial charge in [-0.3, -0.25) is 4.79 Å². The molecule has 0 saturated carbocycles. The zero-order valence-electron chi connectivity index (χ0n) is 14.5. The van der Waals surface area contributed by atoms with Crippen LogP contribution >= 0.6 is 15.9 Å². The van der Waals surface area contributed by atoms with Gasteiger partial charge in [0.2, 0.25) is 0 Å². The van der Waals surface area contributed by atoms with E-state index < -0.39 is 0 Å². The Hall–Kier alpha value is -1.29. The molecule has 0 aliphatic heterocycles. The van der Waals surface area contributed by atoms with Crippen molar-refractivity contribution >= 4 is 21.9 Å².